The van der Waals surface area contributed by atoms with Crippen LogP contribution in [0.4, 0.5) is 22.2 Å². The molecule has 1 aromatic carbocycles. The first-order chi connectivity index (χ1) is 7.56. The summed E-state index contributed by atoms with van der Waals surface area (Å²) in [5.74, 6) is 0.372. The van der Waals surface area contributed by atoms with E-state index in [1.54, 1.807) is 18.2 Å². The monoisotopic (exact) mass is 218 g/mol. The van der Waals surface area contributed by atoms with E-state index < -0.39 is 6.03 Å². The first-order valence-electron chi connectivity index (χ1n) is 4.45. The minimum absolute atomic E-state index is 0.112. The molecule has 0 saturated heterocycles. The molecule has 7 N–H and O–H groups in total. The molecule has 16 heavy (non-hydrogen) atoms. The van der Waals surface area contributed by atoms with E-state index in [0.29, 0.717) is 16.6 Å². The van der Waals surface area contributed by atoms with Crippen LogP contribution in [-0.4, -0.2) is 16.0 Å². The van der Waals surface area contributed by atoms with Gasteiger partial charge in [0, 0.05) is 11.1 Å². The molecule has 7 nitrogen and oxygen atoms in total. The van der Waals surface area contributed by atoms with E-state index in [4.69, 9.17) is 17.2 Å². The van der Waals surface area contributed by atoms with Crippen LogP contribution in [0.2, 0.25) is 0 Å². The van der Waals surface area contributed by atoms with Crippen LogP contribution in [0.1, 0.15) is 0 Å². The second-order valence-electron chi connectivity index (χ2n) is 3.19. The van der Waals surface area contributed by atoms with Crippen LogP contribution in [0.3, 0.4) is 0 Å². The third-order valence-corrected chi connectivity index (χ3v) is 2.01. The number of nitrogens with zero attached hydrogens (tertiary/aromatic N) is 2. The number of amides is 2. The predicted molar refractivity (Wildman–Crippen MR) is 61.6 cm³/mol. The molecule has 7 heteroatoms. The van der Waals surface area contributed by atoms with Gasteiger partial charge in [-0.2, -0.15) is 4.98 Å². The van der Waals surface area contributed by atoms with Crippen LogP contribution in [0, 0.1) is 0 Å². The number of nitrogens with one attached hydrogen (secondary N) is 1. The summed E-state index contributed by atoms with van der Waals surface area (Å²) < 4.78 is 0. The fraction of sp³-hybridized carbons (Fsp3) is 0. The summed E-state index contributed by atoms with van der Waals surface area (Å²) in [6, 6.07) is 4.32. The molecule has 0 radical (unpaired) electrons. The highest BCUT2D eigenvalue weighted by Crippen LogP contribution is 2.22. The molecule has 2 rings (SSSR count). The van der Waals surface area contributed by atoms with Gasteiger partial charge in [0.25, 0.3) is 0 Å². The van der Waals surface area contributed by atoms with Crippen molar-refractivity contribution in [1.29, 1.82) is 0 Å². The zero-order chi connectivity index (χ0) is 11.7. The van der Waals surface area contributed by atoms with Gasteiger partial charge in [0.2, 0.25) is 5.95 Å². The number of fused-ring (bicyclic) bond motifs is 1. The molecule has 0 saturated carbocycles. The summed E-state index contributed by atoms with van der Waals surface area (Å²) >= 11 is 0. The summed E-state index contributed by atoms with van der Waals surface area (Å²) in [4.78, 5) is 18.5. The van der Waals surface area contributed by atoms with Crippen molar-refractivity contribution in [3.8, 4) is 0 Å². The van der Waals surface area contributed by atoms with Crippen molar-refractivity contribution in [2.45, 2.75) is 0 Å². The van der Waals surface area contributed by atoms with Crippen LogP contribution < -0.4 is 22.5 Å². The van der Waals surface area contributed by atoms with E-state index >= 15 is 0 Å². The lowest BCUT2D eigenvalue weighted by Crippen LogP contribution is -2.19. The molecule has 0 aliphatic rings. The maximum Gasteiger partial charge on any atom is 0.316 e. The number of urea groups is 1. The number of primary amides is 1. The van der Waals surface area contributed by atoms with E-state index in [-0.39, 0.29) is 11.8 Å². The van der Waals surface area contributed by atoms with Crippen molar-refractivity contribution in [2.24, 2.45) is 5.73 Å². The molecular formula is C9H10N6O. The molecule has 82 valence electrons. The Balaban J connectivity index is 2.57. The maximum atomic E-state index is 10.7. The van der Waals surface area contributed by atoms with Crippen LogP contribution in [-0.2, 0) is 0 Å². The zero-order valence-corrected chi connectivity index (χ0v) is 8.27. The predicted octanol–water partition coefficient (Wildman–Crippen LogP) is 0.285. The molecule has 0 aliphatic heterocycles. The van der Waals surface area contributed by atoms with Crippen molar-refractivity contribution in [2.75, 3.05) is 16.8 Å². The Morgan fingerprint density at radius 1 is 1.25 bits per heavy atom. The molecule has 0 fully saturated rings. The van der Waals surface area contributed by atoms with E-state index in [1.165, 1.54) is 0 Å². The van der Waals surface area contributed by atoms with Gasteiger partial charge in [0.15, 0.2) is 0 Å². The first kappa shape index (κ1) is 9.97. The van der Waals surface area contributed by atoms with Crippen LogP contribution in [0.15, 0.2) is 18.2 Å². The second-order valence-corrected chi connectivity index (χ2v) is 3.19. The summed E-state index contributed by atoms with van der Waals surface area (Å²) in [5.41, 5.74) is 17.3. The molecule has 1 aromatic heterocycles. The molecule has 0 aliphatic carbocycles. The highest BCUT2D eigenvalue weighted by atomic mass is 16.2. The number of benzene rings is 1. The fourth-order valence-electron chi connectivity index (χ4n) is 1.39. The van der Waals surface area contributed by atoms with E-state index in [2.05, 4.69) is 15.3 Å². The highest BCUT2D eigenvalue weighted by molar-refractivity contribution is 5.95. The molecule has 0 atom stereocenters. The lowest BCUT2D eigenvalue weighted by atomic mass is 10.2. The number of hydrogen-bond donors (Lipinski definition) is 4. The van der Waals surface area contributed by atoms with Crippen molar-refractivity contribution in [3.05, 3.63) is 18.2 Å². The third kappa shape index (κ3) is 1.78. The molecule has 0 unspecified atom stereocenters. The van der Waals surface area contributed by atoms with Gasteiger partial charge in [-0.05, 0) is 18.2 Å². The second kappa shape index (κ2) is 3.54. The minimum atomic E-state index is -0.644. The highest BCUT2D eigenvalue weighted by Gasteiger charge is 2.05. The van der Waals surface area contributed by atoms with Gasteiger partial charge >= 0.3 is 6.03 Å². The molecular weight excluding hydrogens is 208 g/mol. The van der Waals surface area contributed by atoms with E-state index in [0.717, 1.165) is 0 Å². The van der Waals surface area contributed by atoms with Gasteiger partial charge < -0.3 is 22.5 Å². The molecule has 2 amide bonds. The Labute approximate surface area is 90.6 Å². The van der Waals surface area contributed by atoms with Crippen LogP contribution >= 0.6 is 0 Å². The molecule has 1 heterocycles. The topological polar surface area (TPSA) is 133 Å². The molecule has 0 bridgehead atoms. The Morgan fingerprint density at radius 2 is 2.00 bits per heavy atom. The normalized spacial score (nSPS) is 10.2. The zero-order valence-electron chi connectivity index (χ0n) is 8.27. The quantitative estimate of drug-likeness (QED) is 0.545. The van der Waals surface area contributed by atoms with Crippen molar-refractivity contribution < 1.29 is 4.79 Å². The van der Waals surface area contributed by atoms with Crippen molar-refractivity contribution in [3.63, 3.8) is 0 Å². The van der Waals surface area contributed by atoms with Crippen LogP contribution in [0.5, 0.6) is 0 Å². The SMILES string of the molecule is NC(=O)Nc1ccc2nc(N)nc(N)c2c1. The smallest absolute Gasteiger partial charge is 0.316 e. The summed E-state index contributed by atoms with van der Waals surface area (Å²) in [6.45, 7) is 0. The minimum Gasteiger partial charge on any atom is -0.383 e. The summed E-state index contributed by atoms with van der Waals surface area (Å²) in [6.07, 6.45) is 0. The Bertz CT molecular complexity index is 567. The van der Waals surface area contributed by atoms with Gasteiger partial charge in [0.05, 0.1) is 5.52 Å². The average Bonchev–Trinajstić information content (AvgIpc) is 2.18. The lowest BCUT2D eigenvalue weighted by Gasteiger charge is -2.05. The Hall–Kier alpha value is -2.57. The Morgan fingerprint density at radius 3 is 2.69 bits per heavy atom. The number of rotatable bonds is 1. The van der Waals surface area contributed by atoms with Gasteiger partial charge in [-0.3, -0.25) is 0 Å². The number of nitrogens with two attached hydrogens (primary N) is 3. The van der Waals surface area contributed by atoms with Gasteiger partial charge in [-0.1, -0.05) is 0 Å². The standard InChI is InChI=1S/C9H10N6O/c10-7-5-3-4(13-9(12)16)1-2-6(5)14-8(11)15-7/h1-3H,(H3,12,13,16)(H4,10,11,14,15). The van der Waals surface area contributed by atoms with Crippen molar-refractivity contribution >= 4 is 34.4 Å². The largest absolute Gasteiger partial charge is 0.383 e. The molecule has 2 aromatic rings. The van der Waals surface area contributed by atoms with Crippen molar-refractivity contribution in [1.82, 2.24) is 9.97 Å². The number of nitrogen functional groups attached to an aromatic ring is 2. The maximum absolute atomic E-state index is 10.7. The first-order valence-corrected chi connectivity index (χ1v) is 4.45. The number of carbonyl (C=O) groups excluding carboxylic acids is 1. The third-order valence-electron chi connectivity index (χ3n) is 2.01. The number of anilines is 3. The van der Waals surface area contributed by atoms with Gasteiger partial charge in [0.1, 0.15) is 5.82 Å². The number of hydrogen-bond acceptors (Lipinski definition) is 5. The molecule has 0 spiro atoms. The van der Waals surface area contributed by atoms with Gasteiger partial charge in [-0.15, -0.1) is 0 Å². The number of carbonyl (C=O) groups is 1. The van der Waals surface area contributed by atoms with E-state index in [9.17, 15) is 4.79 Å². The summed E-state index contributed by atoms with van der Waals surface area (Å²) in [5, 5.41) is 3.05. The average molecular weight is 218 g/mol. The summed E-state index contributed by atoms with van der Waals surface area (Å²) in [7, 11) is 0. The Kier molecular flexibility index (Phi) is 2.20. The van der Waals surface area contributed by atoms with Gasteiger partial charge in [-0.25, -0.2) is 9.78 Å². The number of aromatic nitrogens is 2. The van der Waals surface area contributed by atoms with Crippen LogP contribution in [0.25, 0.3) is 10.9 Å². The fourth-order valence-corrected chi connectivity index (χ4v) is 1.39. The lowest BCUT2D eigenvalue weighted by molar-refractivity contribution is 0.259. The van der Waals surface area contributed by atoms with E-state index in [1.807, 2.05) is 0 Å².